The minimum atomic E-state index is -0.938. The van der Waals surface area contributed by atoms with E-state index in [1.54, 1.807) is 24.0 Å². The van der Waals surface area contributed by atoms with Crippen LogP contribution in [0.3, 0.4) is 0 Å². The Bertz CT molecular complexity index is 679. The number of aromatic nitrogens is 2. The topological polar surface area (TPSA) is 46.9 Å². The van der Waals surface area contributed by atoms with Crippen molar-refractivity contribution in [3.05, 3.63) is 53.6 Å². The number of amides is 1. The summed E-state index contributed by atoms with van der Waals surface area (Å²) in [4.78, 5) is 16.2. The van der Waals surface area contributed by atoms with Gasteiger partial charge in [-0.2, -0.15) is 0 Å². The Balaban J connectivity index is 1.96. The Kier molecular flexibility index (Phi) is 3.45. The monoisotopic (exact) mass is 291 g/mol. The molecule has 110 valence electrons. The van der Waals surface area contributed by atoms with Crippen molar-refractivity contribution in [1.82, 2.24) is 14.9 Å². The summed E-state index contributed by atoms with van der Waals surface area (Å²) in [6.45, 7) is 0. The molecule has 1 amide bonds. The zero-order valence-corrected chi connectivity index (χ0v) is 11.5. The zero-order valence-electron chi connectivity index (χ0n) is 11.5. The molecule has 1 heterocycles. The Morgan fingerprint density at radius 1 is 1.38 bits per heavy atom. The largest absolute Gasteiger partial charge is 0.342 e. The summed E-state index contributed by atoms with van der Waals surface area (Å²) in [6.07, 6.45) is 5.09. The van der Waals surface area contributed by atoms with E-state index < -0.39 is 17.7 Å². The minimum absolute atomic E-state index is 0.0260. The smallest absolute Gasteiger partial charge is 0.223 e. The van der Waals surface area contributed by atoms with Gasteiger partial charge in [-0.1, -0.05) is 6.07 Å². The molecule has 1 N–H and O–H groups in total. The lowest BCUT2D eigenvalue weighted by Gasteiger charge is -2.19. The summed E-state index contributed by atoms with van der Waals surface area (Å²) in [5, 5.41) is 2.87. The van der Waals surface area contributed by atoms with Crippen molar-refractivity contribution < 1.29 is 13.6 Å². The van der Waals surface area contributed by atoms with Gasteiger partial charge in [-0.3, -0.25) is 4.79 Å². The van der Waals surface area contributed by atoms with Crippen LogP contribution in [0.5, 0.6) is 0 Å². The van der Waals surface area contributed by atoms with Crippen LogP contribution >= 0.6 is 0 Å². The highest BCUT2D eigenvalue weighted by atomic mass is 19.2. The maximum Gasteiger partial charge on any atom is 0.223 e. The van der Waals surface area contributed by atoms with E-state index in [1.807, 2.05) is 0 Å². The van der Waals surface area contributed by atoms with E-state index in [-0.39, 0.29) is 11.8 Å². The number of rotatable bonds is 4. The van der Waals surface area contributed by atoms with Crippen LogP contribution in [0.4, 0.5) is 8.78 Å². The highest BCUT2D eigenvalue weighted by molar-refractivity contribution is 5.81. The van der Waals surface area contributed by atoms with E-state index in [0.717, 1.165) is 25.0 Å². The molecule has 1 fully saturated rings. The number of hydrogen-bond acceptors (Lipinski definition) is 2. The van der Waals surface area contributed by atoms with Gasteiger partial charge in [-0.15, -0.1) is 0 Å². The number of hydrogen-bond donors (Lipinski definition) is 1. The van der Waals surface area contributed by atoms with Crippen molar-refractivity contribution in [3.8, 4) is 0 Å². The molecule has 0 bridgehead atoms. The number of benzene rings is 1. The van der Waals surface area contributed by atoms with Crippen molar-refractivity contribution >= 4 is 5.91 Å². The second kappa shape index (κ2) is 5.27. The summed E-state index contributed by atoms with van der Waals surface area (Å²) >= 11 is 0. The van der Waals surface area contributed by atoms with E-state index in [1.165, 1.54) is 6.07 Å². The van der Waals surface area contributed by atoms with Gasteiger partial charge in [0, 0.05) is 25.4 Å². The highest BCUT2D eigenvalue weighted by Gasteiger charge is 2.32. The molecule has 1 saturated carbocycles. The lowest BCUT2D eigenvalue weighted by Crippen LogP contribution is -2.32. The van der Waals surface area contributed by atoms with Gasteiger partial charge in [0.15, 0.2) is 11.6 Å². The molecule has 1 atom stereocenters. The van der Waals surface area contributed by atoms with E-state index in [9.17, 15) is 13.6 Å². The first-order valence-electron chi connectivity index (χ1n) is 6.79. The van der Waals surface area contributed by atoms with Gasteiger partial charge in [0.25, 0.3) is 0 Å². The molecule has 0 unspecified atom stereocenters. The Hall–Kier alpha value is -2.24. The average Bonchev–Trinajstić information content (AvgIpc) is 3.22. The van der Waals surface area contributed by atoms with Gasteiger partial charge in [-0.05, 0) is 30.5 Å². The molecule has 1 aliphatic carbocycles. The third-order valence-electron chi connectivity index (χ3n) is 3.63. The third kappa shape index (κ3) is 2.79. The molecule has 1 aromatic heterocycles. The van der Waals surface area contributed by atoms with Crippen LogP contribution in [0.25, 0.3) is 0 Å². The lowest BCUT2D eigenvalue weighted by atomic mass is 10.1. The minimum Gasteiger partial charge on any atom is -0.342 e. The molecular formula is C15H15F2N3O. The molecule has 1 aliphatic rings. The van der Waals surface area contributed by atoms with Crippen LogP contribution in [-0.4, -0.2) is 15.5 Å². The number of carbonyl (C=O) groups is 1. The normalized spacial score (nSPS) is 15.8. The van der Waals surface area contributed by atoms with Gasteiger partial charge >= 0.3 is 0 Å². The zero-order chi connectivity index (χ0) is 15.0. The van der Waals surface area contributed by atoms with Crippen LogP contribution in [0.2, 0.25) is 0 Å². The van der Waals surface area contributed by atoms with Crippen LogP contribution in [-0.2, 0) is 11.8 Å². The average molecular weight is 291 g/mol. The summed E-state index contributed by atoms with van der Waals surface area (Å²) in [6, 6.07) is 3.03. The maximum absolute atomic E-state index is 13.5. The number of aryl methyl sites for hydroxylation is 1. The summed E-state index contributed by atoms with van der Waals surface area (Å²) in [5.74, 6) is -1.32. The van der Waals surface area contributed by atoms with Crippen molar-refractivity contribution in [1.29, 1.82) is 0 Å². The van der Waals surface area contributed by atoms with Crippen LogP contribution in [0, 0.1) is 17.6 Å². The molecule has 0 saturated heterocycles. The van der Waals surface area contributed by atoms with Gasteiger partial charge in [-0.25, -0.2) is 13.8 Å². The highest BCUT2D eigenvalue weighted by Crippen LogP contribution is 2.31. The van der Waals surface area contributed by atoms with Gasteiger partial charge in [0.2, 0.25) is 5.91 Å². The van der Waals surface area contributed by atoms with E-state index >= 15 is 0 Å². The van der Waals surface area contributed by atoms with Crippen LogP contribution in [0.1, 0.15) is 30.3 Å². The molecule has 1 aromatic carbocycles. The Morgan fingerprint density at radius 2 is 2.14 bits per heavy atom. The third-order valence-corrected chi connectivity index (χ3v) is 3.63. The van der Waals surface area contributed by atoms with Crippen molar-refractivity contribution in [2.45, 2.75) is 18.9 Å². The lowest BCUT2D eigenvalue weighted by molar-refractivity contribution is -0.122. The Morgan fingerprint density at radius 3 is 2.71 bits per heavy atom. The summed E-state index contributed by atoms with van der Waals surface area (Å²) in [5.41, 5.74) is 0.470. The first kappa shape index (κ1) is 13.7. The fraction of sp³-hybridized carbons (Fsp3) is 0.333. The number of nitrogens with one attached hydrogen (secondary N) is 1. The second-order valence-electron chi connectivity index (χ2n) is 5.29. The molecule has 21 heavy (non-hydrogen) atoms. The number of carbonyl (C=O) groups excluding carboxylic acids is 1. The van der Waals surface area contributed by atoms with Gasteiger partial charge < -0.3 is 9.88 Å². The molecule has 6 heteroatoms. The fourth-order valence-electron chi connectivity index (χ4n) is 2.25. The first-order valence-corrected chi connectivity index (χ1v) is 6.79. The first-order chi connectivity index (χ1) is 10.1. The number of halogens is 2. The van der Waals surface area contributed by atoms with E-state index in [4.69, 9.17) is 0 Å². The molecule has 0 radical (unpaired) electrons. The SMILES string of the molecule is Cn1ccnc1[C@H](NC(=O)C1CC1)c1ccc(F)c(F)c1. The summed E-state index contributed by atoms with van der Waals surface area (Å²) < 4.78 is 28.3. The molecule has 4 nitrogen and oxygen atoms in total. The number of imidazole rings is 1. The maximum atomic E-state index is 13.5. The molecule has 2 aromatic rings. The predicted molar refractivity (Wildman–Crippen MR) is 72.3 cm³/mol. The van der Waals surface area contributed by atoms with Crippen molar-refractivity contribution in [2.24, 2.45) is 13.0 Å². The van der Waals surface area contributed by atoms with Crippen molar-refractivity contribution in [2.75, 3.05) is 0 Å². The van der Waals surface area contributed by atoms with Gasteiger partial charge in [0.1, 0.15) is 11.9 Å². The molecular weight excluding hydrogens is 276 g/mol. The standard InChI is InChI=1S/C15H15F2N3O/c1-20-7-6-18-14(20)13(19-15(21)9-2-3-9)10-4-5-11(16)12(17)8-10/h4-9,13H,2-3H2,1H3,(H,19,21)/t13-/m1/s1. The van der Waals surface area contributed by atoms with E-state index in [2.05, 4.69) is 10.3 Å². The van der Waals surface area contributed by atoms with E-state index in [0.29, 0.717) is 11.4 Å². The molecule has 0 aliphatic heterocycles. The second-order valence-corrected chi connectivity index (χ2v) is 5.29. The predicted octanol–water partition coefficient (Wildman–Crippen LogP) is 2.31. The van der Waals surface area contributed by atoms with Gasteiger partial charge in [0.05, 0.1) is 0 Å². The van der Waals surface area contributed by atoms with Crippen LogP contribution in [0.15, 0.2) is 30.6 Å². The Labute approximate surface area is 120 Å². The molecule has 0 spiro atoms. The quantitative estimate of drug-likeness (QED) is 0.939. The van der Waals surface area contributed by atoms with Crippen molar-refractivity contribution in [3.63, 3.8) is 0 Å². The fourth-order valence-corrected chi connectivity index (χ4v) is 2.25. The molecule has 3 rings (SSSR count). The number of nitrogens with zero attached hydrogens (tertiary/aromatic N) is 2. The summed E-state index contributed by atoms with van der Waals surface area (Å²) in [7, 11) is 1.79. The van der Waals surface area contributed by atoms with Crippen LogP contribution < -0.4 is 5.32 Å².